The van der Waals surface area contributed by atoms with Gasteiger partial charge in [-0.1, -0.05) is 45.9 Å². The van der Waals surface area contributed by atoms with Gasteiger partial charge in [0.05, 0.1) is 0 Å². The fourth-order valence-corrected chi connectivity index (χ4v) is 3.30. The molecule has 202 valence electrons. The summed E-state index contributed by atoms with van der Waals surface area (Å²) in [6.07, 6.45) is 6.86. The fraction of sp³-hybridized carbons (Fsp3) is 0.778. The van der Waals surface area contributed by atoms with Crippen LogP contribution in [0.1, 0.15) is 68.7 Å². The van der Waals surface area contributed by atoms with E-state index >= 15 is 0 Å². The van der Waals surface area contributed by atoms with E-state index in [9.17, 15) is 14.7 Å². The lowest BCUT2D eigenvalue weighted by molar-refractivity contribution is -0.138. The average molecular weight is 487 g/mol. The Balaban J connectivity index is -0.000000440. The van der Waals surface area contributed by atoms with E-state index in [2.05, 4.69) is 47.2 Å². The number of aliphatic hydroxyl groups excluding tert-OH is 1. The van der Waals surface area contributed by atoms with Crippen LogP contribution in [0.15, 0.2) is 23.8 Å². The van der Waals surface area contributed by atoms with E-state index in [4.69, 9.17) is 0 Å². The van der Waals surface area contributed by atoms with Gasteiger partial charge in [0.15, 0.2) is 0 Å². The molecule has 1 saturated heterocycles. The van der Waals surface area contributed by atoms with E-state index in [0.717, 1.165) is 37.5 Å². The zero-order valence-electron chi connectivity index (χ0n) is 23.8. The number of carbonyl (C=O) groups is 2. The molecular formula is C27H54N2O5. The number of nitrogens with zero attached hydrogens (tertiary/aromatic N) is 2. The van der Waals surface area contributed by atoms with Crippen LogP contribution in [0.25, 0.3) is 0 Å². The van der Waals surface area contributed by atoms with Gasteiger partial charge in [0.2, 0.25) is 0 Å². The Hall–Kier alpha value is -1.70. The highest BCUT2D eigenvalue weighted by Crippen LogP contribution is 2.19. The number of piperidine rings is 1. The molecule has 0 bridgehead atoms. The van der Waals surface area contributed by atoms with Gasteiger partial charge in [-0.2, -0.15) is 0 Å². The molecule has 0 aliphatic carbocycles. The van der Waals surface area contributed by atoms with Crippen LogP contribution in [0.2, 0.25) is 0 Å². The summed E-state index contributed by atoms with van der Waals surface area (Å²) in [4.78, 5) is 24.1. The molecule has 1 fully saturated rings. The number of hydrogen-bond donors (Lipinski definition) is 1. The fourth-order valence-electron chi connectivity index (χ4n) is 3.30. The minimum absolute atomic E-state index is 0.318. The first kappa shape index (κ1) is 36.9. The number of carbonyl (C=O) groups excluding carboxylic acids is 2. The number of aliphatic hydroxyl groups is 1. The zero-order chi connectivity index (χ0) is 27.2. The Morgan fingerprint density at radius 2 is 1.74 bits per heavy atom. The van der Waals surface area contributed by atoms with Gasteiger partial charge < -0.3 is 24.4 Å². The summed E-state index contributed by atoms with van der Waals surface area (Å²) >= 11 is 0. The zero-order valence-corrected chi connectivity index (χ0v) is 23.8. The molecule has 0 saturated carbocycles. The maximum absolute atomic E-state index is 9.76. The van der Waals surface area contributed by atoms with Crippen LogP contribution < -0.4 is 0 Å². The number of likely N-dealkylation sites (tertiary alicyclic amines) is 1. The Labute approximate surface area is 210 Å². The maximum atomic E-state index is 9.76. The molecular weight excluding hydrogens is 432 g/mol. The first-order valence-corrected chi connectivity index (χ1v) is 12.4. The van der Waals surface area contributed by atoms with Crippen LogP contribution in [0.5, 0.6) is 0 Å². The topological polar surface area (TPSA) is 79.3 Å². The smallest absolute Gasteiger partial charge is 0.293 e. The number of ether oxygens (including phenoxy) is 2. The van der Waals surface area contributed by atoms with Crippen molar-refractivity contribution in [3.8, 4) is 0 Å². The number of likely N-dealkylation sites (N-methyl/N-ethyl adjacent to an activating group) is 2. The Bertz CT molecular complexity index is 542. The van der Waals surface area contributed by atoms with Gasteiger partial charge in [-0.25, -0.2) is 0 Å². The first-order valence-electron chi connectivity index (χ1n) is 12.4. The van der Waals surface area contributed by atoms with Crippen molar-refractivity contribution in [1.29, 1.82) is 0 Å². The van der Waals surface area contributed by atoms with E-state index in [0.29, 0.717) is 38.1 Å². The molecule has 2 unspecified atom stereocenters. The van der Waals surface area contributed by atoms with Gasteiger partial charge in [-0.05, 0) is 72.5 Å². The molecule has 34 heavy (non-hydrogen) atoms. The molecule has 1 aliphatic heterocycles. The lowest BCUT2D eigenvalue weighted by Crippen LogP contribution is -2.49. The van der Waals surface area contributed by atoms with Crippen molar-refractivity contribution in [2.45, 2.75) is 80.4 Å². The van der Waals surface area contributed by atoms with Crippen molar-refractivity contribution < 1.29 is 24.2 Å². The highest BCUT2D eigenvalue weighted by molar-refractivity contribution is 5.38. The van der Waals surface area contributed by atoms with Crippen molar-refractivity contribution in [3.05, 3.63) is 23.8 Å². The number of rotatable bonds is 9. The predicted molar refractivity (Wildman–Crippen MR) is 143 cm³/mol. The normalized spacial score (nSPS) is 18.7. The van der Waals surface area contributed by atoms with Crippen LogP contribution in [-0.2, 0) is 19.1 Å². The van der Waals surface area contributed by atoms with Gasteiger partial charge in [0.25, 0.3) is 12.9 Å². The van der Waals surface area contributed by atoms with Crippen molar-refractivity contribution in [2.24, 2.45) is 11.8 Å². The summed E-state index contributed by atoms with van der Waals surface area (Å²) in [7, 11) is 4.36. The minimum atomic E-state index is -0.318. The van der Waals surface area contributed by atoms with Crippen LogP contribution >= 0.6 is 0 Å². The standard InChI is InChI=1S/C12H26N2O.C8H12O2.C5H10O2.C2H6/c1-10(2)6-14(4)12-5-11(9-15)7-13(3)8-12;1-3-5-8(4-2)6-10-7-9;1-5(2,3)7-4-6;1-2/h10-12,15H,5-9H2,1-4H3;3-5,7H,6H2,1-2H3;4H,1-3H3;1-2H3/b;5-3-,8-4+;;. The molecule has 1 N–H and O–H groups in total. The Morgan fingerprint density at radius 3 is 2.09 bits per heavy atom. The second-order valence-electron chi connectivity index (χ2n) is 9.59. The second kappa shape index (κ2) is 23.1. The SMILES string of the molecule is C/C=C\C(=C/C)COC=O.CC.CC(C)(C)OC=O.CC(C)CN(C)C1CC(CO)CN(C)C1. The number of allylic oxidation sites excluding steroid dienone is 2. The molecule has 0 aromatic carbocycles. The maximum Gasteiger partial charge on any atom is 0.293 e. The van der Waals surface area contributed by atoms with Crippen molar-refractivity contribution in [2.75, 3.05) is 46.9 Å². The third-order valence-electron chi connectivity index (χ3n) is 4.70. The molecule has 2 atom stereocenters. The summed E-state index contributed by atoms with van der Waals surface area (Å²) in [5.41, 5.74) is 0.691. The van der Waals surface area contributed by atoms with E-state index in [1.807, 2.05) is 66.7 Å². The highest BCUT2D eigenvalue weighted by Gasteiger charge is 2.27. The van der Waals surface area contributed by atoms with Gasteiger partial charge in [0, 0.05) is 32.3 Å². The van der Waals surface area contributed by atoms with Crippen molar-refractivity contribution in [1.82, 2.24) is 9.80 Å². The molecule has 7 heteroatoms. The van der Waals surface area contributed by atoms with Gasteiger partial charge in [0.1, 0.15) is 12.2 Å². The third kappa shape index (κ3) is 23.5. The molecule has 7 nitrogen and oxygen atoms in total. The molecule has 1 rings (SSSR count). The lowest BCUT2D eigenvalue weighted by Gasteiger charge is -2.40. The van der Waals surface area contributed by atoms with Gasteiger partial charge in [-0.3, -0.25) is 9.59 Å². The largest absolute Gasteiger partial charge is 0.463 e. The van der Waals surface area contributed by atoms with E-state index in [1.54, 1.807) is 0 Å². The lowest BCUT2D eigenvalue weighted by atomic mass is 9.94. The summed E-state index contributed by atoms with van der Waals surface area (Å²) in [6, 6.07) is 0.614. The molecule has 0 spiro atoms. The number of hydrogen-bond acceptors (Lipinski definition) is 7. The second-order valence-corrected chi connectivity index (χ2v) is 9.59. The van der Waals surface area contributed by atoms with Crippen LogP contribution in [0, 0.1) is 11.8 Å². The van der Waals surface area contributed by atoms with Crippen LogP contribution in [0.3, 0.4) is 0 Å². The minimum Gasteiger partial charge on any atom is -0.463 e. The summed E-state index contributed by atoms with van der Waals surface area (Å²) < 4.78 is 9.09. The summed E-state index contributed by atoms with van der Waals surface area (Å²) in [5, 5.41) is 9.25. The predicted octanol–water partition coefficient (Wildman–Crippen LogP) is 4.55. The van der Waals surface area contributed by atoms with Crippen molar-refractivity contribution in [3.63, 3.8) is 0 Å². The summed E-state index contributed by atoms with van der Waals surface area (Å²) in [6.45, 7) is 22.7. The molecule has 0 aromatic rings. The van der Waals surface area contributed by atoms with E-state index in [-0.39, 0.29) is 5.60 Å². The Morgan fingerprint density at radius 1 is 1.15 bits per heavy atom. The monoisotopic (exact) mass is 486 g/mol. The molecule has 0 aromatic heterocycles. The first-order chi connectivity index (χ1) is 15.9. The molecule has 0 amide bonds. The van der Waals surface area contributed by atoms with Gasteiger partial charge in [-0.15, -0.1) is 0 Å². The quantitative estimate of drug-likeness (QED) is 0.378. The van der Waals surface area contributed by atoms with Gasteiger partial charge >= 0.3 is 0 Å². The molecule has 1 aliphatic rings. The van der Waals surface area contributed by atoms with E-state index in [1.165, 1.54) is 0 Å². The average Bonchev–Trinajstić information content (AvgIpc) is 2.77. The third-order valence-corrected chi connectivity index (χ3v) is 4.70. The Kier molecular flexibility index (Phi) is 25.0. The van der Waals surface area contributed by atoms with Crippen LogP contribution in [0.4, 0.5) is 0 Å². The van der Waals surface area contributed by atoms with Crippen LogP contribution in [-0.4, -0.2) is 86.4 Å². The molecule has 1 heterocycles. The van der Waals surface area contributed by atoms with E-state index < -0.39 is 0 Å². The summed E-state index contributed by atoms with van der Waals surface area (Å²) in [5.74, 6) is 1.18. The molecule has 0 radical (unpaired) electrons. The highest BCUT2D eigenvalue weighted by atomic mass is 16.5. The van der Waals surface area contributed by atoms with Crippen molar-refractivity contribution >= 4 is 12.9 Å².